The number of nitrogens with one attached hydrogen (secondary N) is 2. The molecule has 2 N–H and O–H groups in total. The standard InChI is InChI=1S/2C27H33N5O3/c2*1-17-13-20(15-23(14-17)30(4)5)16-31-11-12-32-26(31)24(19(3)29-32)25(33)28-18(2)21-7-9-22(10-8-21)27(34)35-6/h2*7-10,13-15,18H,11-12,16H2,1-6H3,(H,28,33)/t2*18-/m00/s1. The number of methoxy groups -OCH3 is 2. The third kappa shape index (κ3) is 11.1. The van der Waals surface area contributed by atoms with E-state index >= 15 is 0 Å². The lowest BCUT2D eigenvalue weighted by Gasteiger charge is -2.22. The van der Waals surface area contributed by atoms with E-state index < -0.39 is 0 Å². The van der Waals surface area contributed by atoms with Crippen LogP contribution < -0.4 is 30.2 Å². The molecule has 4 aromatic carbocycles. The Hall–Kier alpha value is -7.62. The number of benzene rings is 4. The Morgan fingerprint density at radius 2 is 0.914 bits per heavy atom. The first kappa shape index (κ1) is 50.3. The fraction of sp³-hybridized carbons (Fsp3) is 0.370. The number of amides is 2. The van der Waals surface area contributed by atoms with Crippen molar-refractivity contribution in [2.24, 2.45) is 0 Å². The molecule has 2 aromatic heterocycles. The second-order valence-corrected chi connectivity index (χ2v) is 18.6. The van der Waals surface area contributed by atoms with Crippen LogP contribution in [-0.2, 0) is 35.7 Å². The molecule has 0 saturated heterocycles. The van der Waals surface area contributed by atoms with Crippen LogP contribution in [0.2, 0.25) is 0 Å². The van der Waals surface area contributed by atoms with Crippen molar-refractivity contribution in [3.05, 3.63) is 152 Å². The normalized spacial score (nSPS) is 13.4. The van der Waals surface area contributed by atoms with Gasteiger partial charge in [-0.25, -0.2) is 19.0 Å². The van der Waals surface area contributed by atoms with Gasteiger partial charge in [0.15, 0.2) is 0 Å². The van der Waals surface area contributed by atoms with Crippen LogP contribution in [0.15, 0.2) is 84.9 Å². The van der Waals surface area contributed by atoms with Crippen LogP contribution in [0.3, 0.4) is 0 Å². The van der Waals surface area contributed by atoms with Crippen molar-refractivity contribution < 1.29 is 28.7 Å². The van der Waals surface area contributed by atoms with Crippen molar-refractivity contribution in [3.8, 4) is 0 Å². The number of anilines is 4. The van der Waals surface area contributed by atoms with E-state index in [-0.39, 0.29) is 35.8 Å². The maximum atomic E-state index is 13.4. The first-order valence-corrected chi connectivity index (χ1v) is 23.5. The zero-order valence-electron chi connectivity index (χ0n) is 42.5. The molecule has 0 fully saturated rings. The van der Waals surface area contributed by atoms with E-state index in [2.05, 4.69) is 90.7 Å². The van der Waals surface area contributed by atoms with E-state index in [1.807, 2.05) is 89.5 Å². The minimum absolute atomic E-state index is 0.154. The maximum Gasteiger partial charge on any atom is 0.337 e. The highest BCUT2D eigenvalue weighted by atomic mass is 16.5. The van der Waals surface area contributed by atoms with Gasteiger partial charge < -0.3 is 39.7 Å². The molecule has 8 rings (SSSR count). The van der Waals surface area contributed by atoms with Crippen LogP contribution in [0.5, 0.6) is 0 Å². The summed E-state index contributed by atoms with van der Waals surface area (Å²) >= 11 is 0. The molecule has 4 heterocycles. The van der Waals surface area contributed by atoms with Gasteiger partial charge in [-0.1, -0.05) is 36.4 Å². The zero-order valence-corrected chi connectivity index (χ0v) is 42.5. The molecule has 0 bridgehead atoms. The van der Waals surface area contributed by atoms with E-state index in [0.29, 0.717) is 46.7 Å². The summed E-state index contributed by atoms with van der Waals surface area (Å²) in [6.07, 6.45) is 0. The van der Waals surface area contributed by atoms with Crippen molar-refractivity contribution in [2.45, 2.75) is 79.8 Å². The topological polar surface area (TPSA) is 159 Å². The predicted molar refractivity (Wildman–Crippen MR) is 274 cm³/mol. The summed E-state index contributed by atoms with van der Waals surface area (Å²) in [5, 5.41) is 15.5. The van der Waals surface area contributed by atoms with Gasteiger partial charge in [0.25, 0.3) is 11.8 Å². The minimum atomic E-state index is -0.384. The monoisotopic (exact) mass is 951 g/mol. The molecule has 2 amide bonds. The van der Waals surface area contributed by atoms with Gasteiger partial charge in [0.2, 0.25) is 0 Å². The lowest BCUT2D eigenvalue weighted by atomic mass is 10.1. The second kappa shape index (κ2) is 21.3. The molecule has 0 aliphatic carbocycles. The van der Waals surface area contributed by atoms with Crippen molar-refractivity contribution in [3.63, 3.8) is 0 Å². The molecule has 0 unspecified atom stereocenters. The summed E-state index contributed by atoms with van der Waals surface area (Å²) in [4.78, 5) is 58.9. The van der Waals surface area contributed by atoms with Gasteiger partial charge >= 0.3 is 11.9 Å². The summed E-state index contributed by atoms with van der Waals surface area (Å²) in [7, 11) is 10.9. The van der Waals surface area contributed by atoms with Gasteiger partial charge in [0.05, 0.1) is 61.9 Å². The number of rotatable bonds is 14. The second-order valence-electron chi connectivity index (χ2n) is 18.6. The molecule has 0 radical (unpaired) electrons. The number of esters is 2. The van der Waals surface area contributed by atoms with E-state index in [0.717, 1.165) is 60.3 Å². The largest absolute Gasteiger partial charge is 0.465 e. The molecular formula is C54H66N10O6. The van der Waals surface area contributed by atoms with Crippen LogP contribution in [0, 0.1) is 27.7 Å². The van der Waals surface area contributed by atoms with E-state index in [9.17, 15) is 19.2 Å². The van der Waals surface area contributed by atoms with Crippen molar-refractivity contribution in [1.29, 1.82) is 0 Å². The first-order chi connectivity index (χ1) is 33.3. The Morgan fingerprint density at radius 3 is 1.24 bits per heavy atom. The van der Waals surface area contributed by atoms with Gasteiger partial charge in [0.1, 0.15) is 22.8 Å². The predicted octanol–water partition coefficient (Wildman–Crippen LogP) is 7.73. The smallest absolute Gasteiger partial charge is 0.337 e. The average Bonchev–Trinajstić information content (AvgIpc) is 4.08. The number of carbonyl (C=O) groups excluding carboxylic acids is 4. The van der Waals surface area contributed by atoms with E-state index in [1.54, 1.807) is 24.3 Å². The summed E-state index contributed by atoms with van der Waals surface area (Å²) < 4.78 is 13.4. The number of carbonyl (C=O) groups is 4. The van der Waals surface area contributed by atoms with Gasteiger partial charge in [-0.3, -0.25) is 9.59 Å². The SMILES string of the molecule is COC(=O)c1ccc([C@H](C)NC(=O)c2c(C)nn3c2N(Cc2cc(C)cc(N(C)C)c2)CC3)cc1.COC(=O)c1ccc([C@H](C)NC(=O)c2c(C)nn3c2N(Cc2cc(C)cc(N(C)C)c2)CC3)cc1. The number of ether oxygens (including phenoxy) is 2. The van der Waals surface area contributed by atoms with Crippen LogP contribution in [0.4, 0.5) is 23.0 Å². The molecule has 6 aromatic rings. The number of hydrogen-bond acceptors (Lipinski definition) is 12. The molecule has 368 valence electrons. The lowest BCUT2D eigenvalue weighted by molar-refractivity contribution is 0.0592. The Balaban J connectivity index is 0.000000206. The summed E-state index contributed by atoms with van der Waals surface area (Å²) in [5.74, 6) is 0.649. The molecule has 2 atom stereocenters. The van der Waals surface area contributed by atoms with Gasteiger partial charge in [-0.2, -0.15) is 10.2 Å². The van der Waals surface area contributed by atoms with Gasteiger partial charge in [-0.05, 0) is 123 Å². The molecule has 2 aliphatic heterocycles. The molecule has 2 aliphatic rings. The third-order valence-corrected chi connectivity index (χ3v) is 12.8. The number of aromatic nitrogens is 4. The van der Waals surface area contributed by atoms with Gasteiger partial charge in [-0.15, -0.1) is 0 Å². The van der Waals surface area contributed by atoms with Crippen LogP contribution in [-0.4, -0.2) is 98.8 Å². The molecular weight excluding hydrogens is 885 g/mol. The Morgan fingerprint density at radius 1 is 0.557 bits per heavy atom. The lowest BCUT2D eigenvalue weighted by Crippen LogP contribution is -2.29. The summed E-state index contributed by atoms with van der Waals surface area (Å²) in [5.41, 5.74) is 12.6. The number of fused-ring (bicyclic) bond motifs is 2. The fourth-order valence-electron chi connectivity index (χ4n) is 9.15. The number of nitrogens with zero attached hydrogens (tertiary/aromatic N) is 8. The Bertz CT molecular complexity index is 2690. The average molecular weight is 951 g/mol. The fourth-order valence-corrected chi connectivity index (χ4v) is 9.15. The van der Waals surface area contributed by atoms with E-state index in [1.165, 1.54) is 36.5 Å². The minimum Gasteiger partial charge on any atom is -0.465 e. The molecule has 16 heteroatoms. The Labute approximate surface area is 411 Å². The van der Waals surface area contributed by atoms with Crippen molar-refractivity contribution in [2.75, 3.05) is 75.1 Å². The zero-order chi connectivity index (χ0) is 50.6. The van der Waals surface area contributed by atoms with Crippen molar-refractivity contribution >= 4 is 46.8 Å². The Kier molecular flexibility index (Phi) is 15.3. The highest BCUT2D eigenvalue weighted by Crippen LogP contribution is 2.33. The molecule has 0 spiro atoms. The van der Waals surface area contributed by atoms with Crippen LogP contribution in [0.25, 0.3) is 0 Å². The van der Waals surface area contributed by atoms with Crippen LogP contribution >= 0.6 is 0 Å². The van der Waals surface area contributed by atoms with Crippen LogP contribution in [0.1, 0.15) is 112 Å². The quantitative estimate of drug-likeness (QED) is 0.103. The number of aryl methyl sites for hydroxylation is 4. The highest BCUT2D eigenvalue weighted by molar-refractivity contribution is 6.01. The maximum absolute atomic E-state index is 13.4. The summed E-state index contributed by atoms with van der Waals surface area (Å²) in [6.45, 7) is 16.3. The number of hydrogen-bond donors (Lipinski definition) is 2. The van der Waals surface area contributed by atoms with E-state index in [4.69, 9.17) is 9.47 Å². The van der Waals surface area contributed by atoms with Gasteiger partial charge in [0, 0.05) is 65.7 Å². The molecule has 16 nitrogen and oxygen atoms in total. The van der Waals surface area contributed by atoms with Crippen molar-refractivity contribution in [1.82, 2.24) is 30.2 Å². The summed E-state index contributed by atoms with van der Waals surface area (Å²) in [6, 6.07) is 26.8. The first-order valence-electron chi connectivity index (χ1n) is 23.5. The molecule has 70 heavy (non-hydrogen) atoms. The highest BCUT2D eigenvalue weighted by Gasteiger charge is 2.32. The third-order valence-electron chi connectivity index (χ3n) is 12.8. The molecule has 0 saturated carbocycles.